The molecule has 1 fully saturated rings. The SMILES string of the molecule is COc1cc(Cl)ccc1CNC(=O)N1CCC(CO)CC1. The van der Waals surface area contributed by atoms with Crippen molar-refractivity contribution in [2.45, 2.75) is 19.4 Å². The molecule has 0 saturated carbocycles. The fourth-order valence-electron chi connectivity index (χ4n) is 2.47. The number of halogens is 1. The number of nitrogens with one attached hydrogen (secondary N) is 1. The van der Waals surface area contributed by atoms with Crippen LogP contribution in [0.1, 0.15) is 18.4 Å². The van der Waals surface area contributed by atoms with Crippen LogP contribution in [-0.2, 0) is 6.54 Å². The van der Waals surface area contributed by atoms with Crippen LogP contribution in [-0.4, -0.2) is 42.8 Å². The lowest BCUT2D eigenvalue weighted by Gasteiger charge is -2.31. The van der Waals surface area contributed by atoms with Crippen molar-refractivity contribution >= 4 is 17.6 Å². The Hall–Kier alpha value is -1.46. The van der Waals surface area contributed by atoms with Gasteiger partial charge in [0, 0.05) is 36.8 Å². The summed E-state index contributed by atoms with van der Waals surface area (Å²) in [6.07, 6.45) is 1.71. The number of carbonyl (C=O) groups excluding carboxylic acids is 1. The summed E-state index contributed by atoms with van der Waals surface area (Å²) >= 11 is 5.91. The highest BCUT2D eigenvalue weighted by Crippen LogP contribution is 2.23. The van der Waals surface area contributed by atoms with Gasteiger partial charge in [-0.25, -0.2) is 4.79 Å². The maximum atomic E-state index is 12.1. The average molecular weight is 313 g/mol. The van der Waals surface area contributed by atoms with Crippen molar-refractivity contribution in [2.75, 3.05) is 26.8 Å². The molecule has 2 amide bonds. The van der Waals surface area contributed by atoms with Gasteiger partial charge in [0.2, 0.25) is 0 Å². The van der Waals surface area contributed by atoms with Gasteiger partial charge in [0.05, 0.1) is 7.11 Å². The molecule has 0 spiro atoms. The molecule has 21 heavy (non-hydrogen) atoms. The van der Waals surface area contributed by atoms with Crippen LogP contribution < -0.4 is 10.1 Å². The van der Waals surface area contributed by atoms with Gasteiger partial charge in [-0.1, -0.05) is 17.7 Å². The molecule has 6 heteroatoms. The fraction of sp³-hybridized carbons (Fsp3) is 0.533. The molecule has 0 bridgehead atoms. The summed E-state index contributed by atoms with van der Waals surface area (Å²) in [7, 11) is 1.58. The van der Waals surface area contributed by atoms with Crippen molar-refractivity contribution in [3.63, 3.8) is 0 Å². The molecule has 2 rings (SSSR count). The number of piperidine rings is 1. The molecular weight excluding hydrogens is 292 g/mol. The minimum absolute atomic E-state index is 0.0802. The van der Waals surface area contributed by atoms with Crippen molar-refractivity contribution in [3.05, 3.63) is 28.8 Å². The third kappa shape index (κ3) is 4.25. The number of rotatable bonds is 4. The van der Waals surface area contributed by atoms with E-state index in [0.29, 0.717) is 36.3 Å². The van der Waals surface area contributed by atoms with Crippen LogP contribution in [0.25, 0.3) is 0 Å². The molecule has 1 heterocycles. The summed E-state index contributed by atoms with van der Waals surface area (Å²) < 4.78 is 5.26. The smallest absolute Gasteiger partial charge is 0.317 e. The maximum Gasteiger partial charge on any atom is 0.317 e. The lowest BCUT2D eigenvalue weighted by Crippen LogP contribution is -2.44. The molecule has 1 aliphatic heterocycles. The summed E-state index contributed by atoms with van der Waals surface area (Å²) in [6, 6.07) is 5.27. The van der Waals surface area contributed by atoms with Gasteiger partial charge in [-0.2, -0.15) is 0 Å². The number of aliphatic hydroxyl groups is 1. The first-order valence-corrected chi connectivity index (χ1v) is 7.48. The zero-order chi connectivity index (χ0) is 15.2. The number of likely N-dealkylation sites (tertiary alicyclic amines) is 1. The monoisotopic (exact) mass is 312 g/mol. The number of carbonyl (C=O) groups is 1. The Bertz CT molecular complexity index is 488. The van der Waals surface area contributed by atoms with Crippen LogP contribution in [0, 0.1) is 5.92 Å². The van der Waals surface area contributed by atoms with Gasteiger partial charge in [0.1, 0.15) is 5.75 Å². The van der Waals surface area contributed by atoms with E-state index >= 15 is 0 Å². The highest BCUT2D eigenvalue weighted by molar-refractivity contribution is 6.30. The van der Waals surface area contributed by atoms with Crippen molar-refractivity contribution in [1.82, 2.24) is 10.2 Å². The summed E-state index contributed by atoms with van der Waals surface area (Å²) in [5.41, 5.74) is 0.889. The predicted molar refractivity (Wildman–Crippen MR) is 81.6 cm³/mol. The number of nitrogens with zero attached hydrogens (tertiary/aromatic N) is 1. The second kappa shape index (κ2) is 7.52. The summed E-state index contributed by atoms with van der Waals surface area (Å²) in [4.78, 5) is 13.9. The molecule has 2 N–H and O–H groups in total. The second-order valence-electron chi connectivity index (χ2n) is 5.23. The normalized spacial score (nSPS) is 15.9. The zero-order valence-corrected chi connectivity index (χ0v) is 12.9. The largest absolute Gasteiger partial charge is 0.496 e. The van der Waals surface area contributed by atoms with Crippen LogP contribution in [0.5, 0.6) is 5.75 Å². The molecule has 0 aliphatic carbocycles. The Morgan fingerprint density at radius 3 is 2.81 bits per heavy atom. The lowest BCUT2D eigenvalue weighted by molar-refractivity contribution is 0.137. The summed E-state index contributed by atoms with van der Waals surface area (Å²) in [5.74, 6) is 0.993. The molecule has 0 atom stereocenters. The van der Waals surface area contributed by atoms with Crippen molar-refractivity contribution in [3.8, 4) is 5.75 Å². The first kappa shape index (κ1) is 15.9. The standard InChI is InChI=1S/C15H21ClN2O3/c1-21-14-8-13(16)3-2-12(14)9-17-15(20)18-6-4-11(10-19)5-7-18/h2-3,8,11,19H,4-7,9-10H2,1H3,(H,17,20). The first-order valence-electron chi connectivity index (χ1n) is 7.10. The Morgan fingerprint density at radius 2 is 2.19 bits per heavy atom. The Labute approximate surface area is 129 Å². The minimum atomic E-state index is -0.0802. The van der Waals surface area contributed by atoms with E-state index in [2.05, 4.69) is 5.32 Å². The third-order valence-electron chi connectivity index (χ3n) is 3.84. The van der Waals surface area contributed by atoms with Crippen molar-refractivity contribution < 1.29 is 14.6 Å². The highest BCUT2D eigenvalue weighted by Gasteiger charge is 2.22. The Balaban J connectivity index is 1.87. The zero-order valence-electron chi connectivity index (χ0n) is 12.1. The molecule has 5 nitrogen and oxygen atoms in total. The maximum absolute atomic E-state index is 12.1. The fourth-order valence-corrected chi connectivity index (χ4v) is 2.63. The molecule has 1 saturated heterocycles. The van der Waals surface area contributed by atoms with E-state index in [-0.39, 0.29) is 12.6 Å². The van der Waals surface area contributed by atoms with E-state index < -0.39 is 0 Å². The van der Waals surface area contributed by atoms with E-state index in [4.69, 9.17) is 21.4 Å². The van der Waals surface area contributed by atoms with Gasteiger partial charge >= 0.3 is 6.03 Å². The molecule has 1 aromatic carbocycles. The average Bonchev–Trinajstić information content (AvgIpc) is 2.53. The molecule has 1 aliphatic rings. The lowest BCUT2D eigenvalue weighted by atomic mass is 9.98. The van der Waals surface area contributed by atoms with Gasteiger partial charge in [-0.05, 0) is 30.9 Å². The van der Waals surface area contributed by atoms with Crippen LogP contribution >= 0.6 is 11.6 Å². The molecular formula is C15H21ClN2O3. The number of ether oxygens (including phenoxy) is 1. The quantitative estimate of drug-likeness (QED) is 0.896. The van der Waals surface area contributed by atoms with Gasteiger partial charge in [0.15, 0.2) is 0 Å². The number of methoxy groups -OCH3 is 1. The predicted octanol–water partition coefficient (Wildman–Crippen LogP) is 2.26. The Morgan fingerprint density at radius 1 is 1.48 bits per heavy atom. The van der Waals surface area contributed by atoms with Crippen molar-refractivity contribution in [2.24, 2.45) is 5.92 Å². The van der Waals surface area contributed by atoms with E-state index in [1.165, 1.54) is 0 Å². The van der Waals surface area contributed by atoms with E-state index in [1.807, 2.05) is 6.07 Å². The topological polar surface area (TPSA) is 61.8 Å². The first-order chi connectivity index (χ1) is 10.1. The van der Waals surface area contributed by atoms with Gasteiger partial charge in [-0.3, -0.25) is 0 Å². The van der Waals surface area contributed by atoms with Gasteiger partial charge in [0.25, 0.3) is 0 Å². The summed E-state index contributed by atoms with van der Waals surface area (Å²) in [6.45, 7) is 1.99. The second-order valence-corrected chi connectivity index (χ2v) is 5.66. The summed E-state index contributed by atoms with van der Waals surface area (Å²) in [5, 5.41) is 12.6. The third-order valence-corrected chi connectivity index (χ3v) is 4.07. The van der Waals surface area contributed by atoms with E-state index in [9.17, 15) is 4.79 Å². The number of amides is 2. The van der Waals surface area contributed by atoms with Gasteiger partial charge in [-0.15, -0.1) is 0 Å². The highest BCUT2D eigenvalue weighted by atomic mass is 35.5. The molecule has 116 valence electrons. The number of aliphatic hydroxyl groups excluding tert-OH is 1. The van der Waals surface area contributed by atoms with Crippen LogP contribution in [0.15, 0.2) is 18.2 Å². The number of hydrogen-bond acceptors (Lipinski definition) is 3. The Kier molecular flexibility index (Phi) is 5.70. The van der Waals surface area contributed by atoms with Crippen molar-refractivity contribution in [1.29, 1.82) is 0 Å². The molecule has 0 unspecified atom stereocenters. The van der Waals surface area contributed by atoms with E-state index in [1.54, 1.807) is 24.1 Å². The molecule has 0 radical (unpaired) electrons. The van der Waals surface area contributed by atoms with E-state index in [0.717, 1.165) is 18.4 Å². The minimum Gasteiger partial charge on any atom is -0.496 e. The van der Waals surface area contributed by atoms with Crippen LogP contribution in [0.3, 0.4) is 0 Å². The molecule has 0 aromatic heterocycles. The van der Waals surface area contributed by atoms with Gasteiger partial charge < -0.3 is 20.1 Å². The number of urea groups is 1. The number of hydrogen-bond donors (Lipinski definition) is 2. The van der Waals surface area contributed by atoms with Crippen LogP contribution in [0.2, 0.25) is 5.02 Å². The van der Waals surface area contributed by atoms with Crippen LogP contribution in [0.4, 0.5) is 4.79 Å². The number of benzene rings is 1. The molecule has 1 aromatic rings.